The molecular weight excluding hydrogens is 238 g/mol. The molecule has 1 aromatic rings. The minimum absolute atomic E-state index is 0.0588. The topological polar surface area (TPSA) is 58.4 Å². The number of anilines is 2. The number of amides is 1. The van der Waals surface area contributed by atoms with E-state index in [9.17, 15) is 4.79 Å². The van der Waals surface area contributed by atoms with Crippen molar-refractivity contribution < 1.29 is 4.79 Å². The van der Waals surface area contributed by atoms with Crippen LogP contribution in [0.3, 0.4) is 0 Å². The van der Waals surface area contributed by atoms with E-state index in [4.69, 9.17) is 5.73 Å². The van der Waals surface area contributed by atoms with Gasteiger partial charge in [-0.15, -0.1) is 0 Å². The second-order valence-corrected chi connectivity index (χ2v) is 5.40. The van der Waals surface area contributed by atoms with Crippen LogP contribution in [0.4, 0.5) is 11.4 Å². The minimum Gasteiger partial charge on any atom is -0.399 e. The van der Waals surface area contributed by atoms with E-state index in [1.54, 1.807) is 6.07 Å². The third-order valence-electron chi connectivity index (χ3n) is 3.31. The number of hydrogen-bond donors (Lipinski definition) is 2. The summed E-state index contributed by atoms with van der Waals surface area (Å²) in [6.07, 6.45) is 0.920. The van der Waals surface area contributed by atoms with Crippen molar-refractivity contribution in [2.24, 2.45) is 5.92 Å². The number of nitrogens with two attached hydrogens (primary N) is 1. The molecular formula is C15H25N3O. The summed E-state index contributed by atoms with van der Waals surface area (Å²) in [5.41, 5.74) is 7.90. The molecule has 3 N–H and O–H groups in total. The lowest BCUT2D eigenvalue weighted by molar-refractivity contribution is 0.0925. The molecule has 1 unspecified atom stereocenters. The summed E-state index contributed by atoms with van der Waals surface area (Å²) >= 11 is 0. The minimum atomic E-state index is -0.0588. The van der Waals surface area contributed by atoms with Gasteiger partial charge in [0.15, 0.2) is 0 Å². The molecule has 0 heterocycles. The Kier molecular flexibility index (Phi) is 5.21. The molecule has 0 radical (unpaired) electrons. The summed E-state index contributed by atoms with van der Waals surface area (Å²) in [7, 11) is 3.84. The molecule has 0 aliphatic carbocycles. The van der Waals surface area contributed by atoms with Crippen LogP contribution >= 0.6 is 0 Å². The van der Waals surface area contributed by atoms with Crippen molar-refractivity contribution in [2.45, 2.75) is 33.2 Å². The van der Waals surface area contributed by atoms with Gasteiger partial charge in [0.05, 0.1) is 5.56 Å². The fourth-order valence-electron chi connectivity index (χ4n) is 2.11. The Balaban J connectivity index is 3.01. The first-order valence-electron chi connectivity index (χ1n) is 6.74. The normalized spacial score (nSPS) is 12.3. The van der Waals surface area contributed by atoms with Crippen LogP contribution in [0.1, 0.15) is 37.6 Å². The Morgan fingerprint density at radius 3 is 2.47 bits per heavy atom. The number of rotatable bonds is 5. The summed E-state index contributed by atoms with van der Waals surface area (Å²) < 4.78 is 0. The van der Waals surface area contributed by atoms with E-state index in [1.165, 1.54) is 0 Å². The van der Waals surface area contributed by atoms with Crippen LogP contribution in [0, 0.1) is 5.92 Å². The van der Waals surface area contributed by atoms with Gasteiger partial charge in [-0.1, -0.05) is 20.8 Å². The van der Waals surface area contributed by atoms with E-state index in [1.807, 2.05) is 31.1 Å². The quantitative estimate of drug-likeness (QED) is 0.802. The Morgan fingerprint density at radius 2 is 2.00 bits per heavy atom. The third kappa shape index (κ3) is 3.88. The van der Waals surface area contributed by atoms with Crippen molar-refractivity contribution >= 4 is 17.3 Å². The van der Waals surface area contributed by atoms with Gasteiger partial charge >= 0.3 is 0 Å². The molecule has 0 aliphatic heterocycles. The van der Waals surface area contributed by atoms with Crippen LogP contribution in [0.2, 0.25) is 0 Å². The number of nitrogen functional groups attached to an aromatic ring is 1. The molecule has 0 bridgehead atoms. The summed E-state index contributed by atoms with van der Waals surface area (Å²) in [6, 6.07) is 5.60. The predicted octanol–water partition coefficient (Wildman–Crippen LogP) is 2.50. The predicted molar refractivity (Wildman–Crippen MR) is 81.6 cm³/mol. The maximum atomic E-state index is 12.4. The second kappa shape index (κ2) is 6.45. The summed E-state index contributed by atoms with van der Waals surface area (Å²) in [4.78, 5) is 14.3. The number of carbonyl (C=O) groups excluding carboxylic acids is 1. The third-order valence-corrected chi connectivity index (χ3v) is 3.31. The number of nitrogens with zero attached hydrogens (tertiary/aromatic N) is 1. The van der Waals surface area contributed by atoms with Gasteiger partial charge < -0.3 is 16.0 Å². The largest absolute Gasteiger partial charge is 0.399 e. The zero-order chi connectivity index (χ0) is 14.6. The first-order valence-corrected chi connectivity index (χ1v) is 6.74. The second-order valence-electron chi connectivity index (χ2n) is 5.40. The van der Waals surface area contributed by atoms with Gasteiger partial charge in [-0.25, -0.2) is 0 Å². The Morgan fingerprint density at radius 1 is 1.37 bits per heavy atom. The number of nitrogens with one attached hydrogen (secondary N) is 1. The maximum absolute atomic E-state index is 12.4. The van der Waals surface area contributed by atoms with Gasteiger partial charge in [0.1, 0.15) is 0 Å². The fraction of sp³-hybridized carbons (Fsp3) is 0.533. The highest BCUT2D eigenvalue weighted by Gasteiger charge is 2.18. The molecule has 19 heavy (non-hydrogen) atoms. The SMILES string of the molecule is CCC(NC(=O)c1cc(N)ccc1N(C)C)C(C)C. The van der Waals surface area contributed by atoms with Crippen molar-refractivity contribution in [1.82, 2.24) is 5.32 Å². The average molecular weight is 263 g/mol. The smallest absolute Gasteiger partial charge is 0.253 e. The van der Waals surface area contributed by atoms with E-state index in [-0.39, 0.29) is 11.9 Å². The van der Waals surface area contributed by atoms with Gasteiger partial charge in [0.25, 0.3) is 5.91 Å². The van der Waals surface area contributed by atoms with Gasteiger partial charge in [0, 0.05) is 31.5 Å². The maximum Gasteiger partial charge on any atom is 0.253 e. The van der Waals surface area contributed by atoms with Gasteiger partial charge in [-0.2, -0.15) is 0 Å². The molecule has 0 fully saturated rings. The summed E-state index contributed by atoms with van der Waals surface area (Å²) in [5, 5.41) is 3.08. The molecule has 1 aromatic carbocycles. The van der Waals surface area contributed by atoms with Gasteiger partial charge in [0.2, 0.25) is 0 Å². The van der Waals surface area contributed by atoms with Crippen LogP contribution in [-0.4, -0.2) is 26.0 Å². The first-order chi connectivity index (χ1) is 8.86. The zero-order valence-electron chi connectivity index (χ0n) is 12.5. The molecule has 0 saturated heterocycles. The van der Waals surface area contributed by atoms with Crippen LogP contribution in [0.15, 0.2) is 18.2 Å². The van der Waals surface area contributed by atoms with Gasteiger partial charge in [-0.05, 0) is 30.5 Å². The first kappa shape index (κ1) is 15.3. The number of hydrogen-bond acceptors (Lipinski definition) is 3. The van der Waals surface area contributed by atoms with E-state index in [2.05, 4.69) is 26.1 Å². The standard InChI is InChI=1S/C15H25N3O/c1-6-13(10(2)3)17-15(19)12-9-11(16)7-8-14(12)18(4)5/h7-10,13H,6,16H2,1-5H3,(H,17,19). The molecule has 0 saturated carbocycles. The molecule has 0 spiro atoms. The number of carbonyl (C=O) groups is 1. The highest BCUT2D eigenvalue weighted by Crippen LogP contribution is 2.22. The lowest BCUT2D eigenvalue weighted by Gasteiger charge is -2.23. The fourth-order valence-corrected chi connectivity index (χ4v) is 2.11. The van der Waals surface area contributed by atoms with Crippen molar-refractivity contribution in [3.8, 4) is 0 Å². The highest BCUT2D eigenvalue weighted by atomic mass is 16.1. The summed E-state index contributed by atoms with van der Waals surface area (Å²) in [5.74, 6) is 0.356. The molecule has 4 heteroatoms. The molecule has 1 amide bonds. The highest BCUT2D eigenvalue weighted by molar-refractivity contribution is 6.00. The monoisotopic (exact) mass is 263 g/mol. The van der Waals surface area contributed by atoms with Crippen molar-refractivity contribution in [3.63, 3.8) is 0 Å². The van der Waals surface area contributed by atoms with Crippen LogP contribution in [-0.2, 0) is 0 Å². The van der Waals surface area contributed by atoms with Crippen molar-refractivity contribution in [2.75, 3.05) is 24.7 Å². The zero-order valence-corrected chi connectivity index (χ0v) is 12.5. The Hall–Kier alpha value is -1.71. The van der Waals surface area contributed by atoms with E-state index in [0.717, 1.165) is 12.1 Å². The lowest BCUT2D eigenvalue weighted by atomic mass is 10.0. The van der Waals surface area contributed by atoms with Gasteiger partial charge in [-0.3, -0.25) is 4.79 Å². The summed E-state index contributed by atoms with van der Waals surface area (Å²) in [6.45, 7) is 6.30. The molecule has 0 aromatic heterocycles. The van der Waals surface area contributed by atoms with Crippen molar-refractivity contribution in [1.29, 1.82) is 0 Å². The van der Waals surface area contributed by atoms with Crippen LogP contribution < -0.4 is 16.0 Å². The van der Waals surface area contributed by atoms with Crippen LogP contribution in [0.25, 0.3) is 0 Å². The lowest BCUT2D eigenvalue weighted by Crippen LogP contribution is -2.38. The van der Waals surface area contributed by atoms with Crippen molar-refractivity contribution in [3.05, 3.63) is 23.8 Å². The Labute approximate surface area is 116 Å². The molecule has 106 valence electrons. The average Bonchev–Trinajstić information content (AvgIpc) is 2.34. The van der Waals surface area contributed by atoms with E-state index < -0.39 is 0 Å². The molecule has 4 nitrogen and oxygen atoms in total. The molecule has 1 atom stereocenters. The molecule has 1 rings (SSSR count). The molecule has 0 aliphatic rings. The Bertz CT molecular complexity index is 441. The van der Waals surface area contributed by atoms with E-state index in [0.29, 0.717) is 17.2 Å². The van der Waals surface area contributed by atoms with E-state index >= 15 is 0 Å². The number of benzene rings is 1. The van der Waals surface area contributed by atoms with Crippen LogP contribution in [0.5, 0.6) is 0 Å².